The molecule has 7 heteroatoms. The minimum Gasteiger partial charge on any atom is -0.481 e. The Kier molecular flexibility index (Phi) is 5.44. The fraction of sp³-hybridized carbons (Fsp3) is 0.190. The third kappa shape index (κ3) is 4.20. The van der Waals surface area contributed by atoms with Crippen molar-refractivity contribution < 1.29 is 14.7 Å². The van der Waals surface area contributed by atoms with Crippen molar-refractivity contribution in [2.45, 2.75) is 26.3 Å². The van der Waals surface area contributed by atoms with Crippen LogP contribution in [0.5, 0.6) is 0 Å². The van der Waals surface area contributed by atoms with E-state index >= 15 is 0 Å². The minimum atomic E-state index is -1.03. The van der Waals surface area contributed by atoms with Gasteiger partial charge in [0.2, 0.25) is 0 Å². The van der Waals surface area contributed by atoms with Gasteiger partial charge in [-0.3, -0.25) is 19.5 Å². The van der Waals surface area contributed by atoms with Crippen LogP contribution in [0, 0.1) is 13.8 Å². The van der Waals surface area contributed by atoms with Crippen LogP contribution in [-0.4, -0.2) is 26.8 Å². The largest absolute Gasteiger partial charge is 0.481 e. The molecule has 1 amide bonds. The third-order valence-corrected chi connectivity index (χ3v) is 4.47. The molecule has 0 spiro atoms. The number of carbonyl (C=O) groups excluding carboxylic acids is 1. The molecule has 144 valence electrons. The van der Waals surface area contributed by atoms with Crippen LogP contribution in [0.3, 0.4) is 0 Å². The van der Waals surface area contributed by atoms with Gasteiger partial charge in [-0.15, -0.1) is 0 Å². The average Bonchev–Trinajstić information content (AvgIpc) is 3.05. The van der Waals surface area contributed by atoms with Crippen LogP contribution < -0.4 is 10.9 Å². The predicted molar refractivity (Wildman–Crippen MR) is 105 cm³/mol. The summed E-state index contributed by atoms with van der Waals surface area (Å²) in [5.41, 5.74) is 2.87. The molecule has 3 N–H and O–H groups in total. The van der Waals surface area contributed by atoms with Gasteiger partial charge in [0.1, 0.15) is 5.69 Å². The number of aliphatic carboxylic acids is 1. The number of amides is 1. The summed E-state index contributed by atoms with van der Waals surface area (Å²) in [6.45, 7) is 3.77. The highest BCUT2D eigenvalue weighted by Gasteiger charge is 2.22. The molecule has 0 radical (unpaired) electrons. The molecule has 7 nitrogen and oxygen atoms in total. The maximum atomic E-state index is 12.7. The normalized spacial score (nSPS) is 11.8. The van der Waals surface area contributed by atoms with Crippen LogP contribution in [0.4, 0.5) is 0 Å². The number of H-pyrrole nitrogens is 1. The zero-order chi connectivity index (χ0) is 20.3. The Morgan fingerprint density at radius 3 is 2.50 bits per heavy atom. The summed E-state index contributed by atoms with van der Waals surface area (Å²) < 4.78 is 1.26. The van der Waals surface area contributed by atoms with Crippen molar-refractivity contribution >= 4 is 11.9 Å². The van der Waals surface area contributed by atoms with Crippen molar-refractivity contribution in [2.75, 3.05) is 0 Å². The molecule has 0 aliphatic carbocycles. The van der Waals surface area contributed by atoms with Crippen molar-refractivity contribution in [3.05, 3.63) is 87.3 Å². The molecule has 0 aliphatic rings. The van der Waals surface area contributed by atoms with Gasteiger partial charge in [0.15, 0.2) is 0 Å². The topological polar surface area (TPSA) is 104 Å². The lowest BCUT2D eigenvalue weighted by molar-refractivity contribution is -0.137. The molecule has 2 aromatic carbocycles. The van der Waals surface area contributed by atoms with Crippen molar-refractivity contribution in [3.63, 3.8) is 0 Å². The van der Waals surface area contributed by atoms with Gasteiger partial charge in [-0.05, 0) is 37.1 Å². The summed E-state index contributed by atoms with van der Waals surface area (Å²) >= 11 is 0. The van der Waals surface area contributed by atoms with Gasteiger partial charge >= 0.3 is 5.97 Å². The fourth-order valence-electron chi connectivity index (χ4n) is 3.07. The molecule has 0 fully saturated rings. The summed E-state index contributed by atoms with van der Waals surface area (Å²) in [7, 11) is 0. The molecule has 28 heavy (non-hydrogen) atoms. The van der Waals surface area contributed by atoms with Crippen LogP contribution in [0.15, 0.2) is 59.4 Å². The van der Waals surface area contributed by atoms with Crippen molar-refractivity contribution in [1.29, 1.82) is 0 Å². The van der Waals surface area contributed by atoms with E-state index in [-0.39, 0.29) is 17.7 Å². The first-order valence-corrected chi connectivity index (χ1v) is 8.82. The molecule has 0 aliphatic heterocycles. The van der Waals surface area contributed by atoms with E-state index in [4.69, 9.17) is 0 Å². The van der Waals surface area contributed by atoms with E-state index in [0.29, 0.717) is 5.69 Å². The number of aromatic amines is 1. The van der Waals surface area contributed by atoms with Gasteiger partial charge in [-0.25, -0.2) is 4.68 Å². The van der Waals surface area contributed by atoms with E-state index in [1.165, 1.54) is 10.7 Å². The number of carboxylic acid groups (broad SMARTS) is 1. The summed E-state index contributed by atoms with van der Waals surface area (Å²) in [4.78, 5) is 36.3. The van der Waals surface area contributed by atoms with E-state index in [1.807, 2.05) is 38.1 Å². The zero-order valence-corrected chi connectivity index (χ0v) is 15.6. The molecule has 3 aromatic rings. The Bertz CT molecular complexity index is 1070. The number of hydrogen-bond donors (Lipinski definition) is 3. The van der Waals surface area contributed by atoms with E-state index in [2.05, 4.69) is 10.4 Å². The second kappa shape index (κ2) is 7.96. The molecule has 1 aromatic heterocycles. The van der Waals surface area contributed by atoms with Gasteiger partial charge in [0.05, 0.1) is 18.2 Å². The lowest BCUT2D eigenvalue weighted by Crippen LogP contribution is -2.31. The van der Waals surface area contributed by atoms with Gasteiger partial charge in [-0.1, -0.05) is 42.0 Å². The van der Waals surface area contributed by atoms with Gasteiger partial charge in [0.25, 0.3) is 11.5 Å². The highest BCUT2D eigenvalue weighted by atomic mass is 16.4. The summed E-state index contributed by atoms with van der Waals surface area (Å²) in [6.07, 6.45) is -0.264. The second-order valence-corrected chi connectivity index (χ2v) is 6.66. The summed E-state index contributed by atoms with van der Waals surface area (Å²) in [6, 6.07) is 15.0. The van der Waals surface area contributed by atoms with Crippen LogP contribution in [-0.2, 0) is 4.79 Å². The summed E-state index contributed by atoms with van der Waals surface area (Å²) in [5, 5.41) is 14.8. The monoisotopic (exact) mass is 379 g/mol. The lowest BCUT2D eigenvalue weighted by Gasteiger charge is -2.19. The quantitative estimate of drug-likeness (QED) is 0.612. The van der Waals surface area contributed by atoms with Crippen LogP contribution >= 0.6 is 0 Å². The highest BCUT2D eigenvalue weighted by molar-refractivity contribution is 5.92. The predicted octanol–water partition coefficient (Wildman–Crippen LogP) is 2.73. The number of nitrogens with zero attached hydrogens (tertiary/aromatic N) is 1. The molecule has 1 unspecified atom stereocenters. The van der Waals surface area contributed by atoms with E-state index in [1.54, 1.807) is 24.3 Å². The number of hydrogen-bond acceptors (Lipinski definition) is 3. The standard InChI is InChI=1S/C21H21N3O4/c1-13-8-9-14(2)16(10-13)17(12-20(26)27)22-21(28)18-11-19(25)24(23-18)15-6-4-3-5-7-15/h3-11,17,23H,12H2,1-2H3,(H,22,28)(H,26,27). The SMILES string of the molecule is Cc1ccc(C)c(C(CC(=O)O)NC(=O)c2cc(=O)n(-c3ccccc3)[nH]2)c1. The van der Waals surface area contributed by atoms with E-state index < -0.39 is 17.9 Å². The van der Waals surface area contributed by atoms with Crippen molar-refractivity contribution in [2.24, 2.45) is 0 Å². The zero-order valence-electron chi connectivity index (χ0n) is 15.6. The van der Waals surface area contributed by atoms with Crippen molar-refractivity contribution in [3.8, 4) is 5.69 Å². The smallest absolute Gasteiger partial charge is 0.305 e. The van der Waals surface area contributed by atoms with Crippen LogP contribution in [0.2, 0.25) is 0 Å². The maximum Gasteiger partial charge on any atom is 0.305 e. The molecule has 0 bridgehead atoms. The Balaban J connectivity index is 1.90. The molecular weight excluding hydrogens is 358 g/mol. The number of benzene rings is 2. The molecule has 0 saturated carbocycles. The summed E-state index contributed by atoms with van der Waals surface area (Å²) in [5.74, 6) is -1.57. The first-order chi connectivity index (χ1) is 13.3. The number of carbonyl (C=O) groups is 2. The minimum absolute atomic E-state index is 0.0644. The lowest BCUT2D eigenvalue weighted by atomic mass is 9.96. The van der Waals surface area contributed by atoms with Gasteiger partial charge < -0.3 is 10.4 Å². The number of rotatable bonds is 6. The number of carboxylic acids is 1. The third-order valence-electron chi connectivity index (χ3n) is 4.47. The molecular formula is C21H21N3O4. The maximum absolute atomic E-state index is 12.7. The molecule has 1 heterocycles. The second-order valence-electron chi connectivity index (χ2n) is 6.66. The number of aryl methyl sites for hydroxylation is 2. The van der Waals surface area contributed by atoms with Gasteiger partial charge in [-0.2, -0.15) is 0 Å². The number of aromatic nitrogens is 2. The first kappa shape index (κ1) is 19.2. The fourth-order valence-corrected chi connectivity index (χ4v) is 3.07. The van der Waals surface area contributed by atoms with E-state index in [9.17, 15) is 19.5 Å². The first-order valence-electron chi connectivity index (χ1n) is 8.82. The average molecular weight is 379 g/mol. The molecule has 3 rings (SSSR count). The van der Waals surface area contributed by atoms with Crippen LogP contribution in [0.25, 0.3) is 5.69 Å². The van der Waals surface area contributed by atoms with E-state index in [0.717, 1.165) is 16.7 Å². The number of nitrogens with one attached hydrogen (secondary N) is 2. The molecule has 0 saturated heterocycles. The van der Waals surface area contributed by atoms with Gasteiger partial charge in [0, 0.05) is 6.07 Å². The Labute approximate surface area is 161 Å². The number of para-hydroxylation sites is 1. The Hall–Kier alpha value is -3.61. The van der Waals surface area contributed by atoms with Crippen molar-refractivity contribution in [1.82, 2.24) is 15.1 Å². The Morgan fingerprint density at radius 2 is 1.82 bits per heavy atom. The highest BCUT2D eigenvalue weighted by Crippen LogP contribution is 2.22. The molecule has 1 atom stereocenters. The van der Waals surface area contributed by atoms with Crippen LogP contribution in [0.1, 0.15) is 39.6 Å². The Morgan fingerprint density at radius 1 is 1.11 bits per heavy atom.